The van der Waals surface area contributed by atoms with Crippen molar-refractivity contribution in [1.82, 2.24) is 9.78 Å². The second-order valence-corrected chi connectivity index (χ2v) is 7.17. The van der Waals surface area contributed by atoms with E-state index in [9.17, 15) is 14.4 Å². The molecule has 1 unspecified atom stereocenters. The van der Waals surface area contributed by atoms with E-state index in [0.29, 0.717) is 23.7 Å². The molecule has 2 rings (SSSR count). The highest BCUT2D eigenvalue weighted by atomic mass is 16.5. The highest BCUT2D eigenvalue weighted by Gasteiger charge is 2.20. The maximum Gasteiger partial charge on any atom is 0.307 e. The van der Waals surface area contributed by atoms with E-state index in [1.165, 1.54) is 6.92 Å². The highest BCUT2D eigenvalue weighted by Crippen LogP contribution is 2.16. The highest BCUT2D eigenvalue weighted by molar-refractivity contribution is 5.98. The molecular weight excluding hydrogens is 386 g/mol. The predicted molar refractivity (Wildman–Crippen MR) is 113 cm³/mol. The molecule has 1 heterocycles. The molecule has 0 saturated heterocycles. The van der Waals surface area contributed by atoms with Crippen LogP contribution in [0.25, 0.3) is 0 Å². The number of hydrogen-bond acceptors (Lipinski definition) is 6. The minimum Gasteiger partial charge on any atom is -0.494 e. The zero-order valence-corrected chi connectivity index (χ0v) is 17.9. The number of rotatable bonds is 11. The Labute approximate surface area is 176 Å². The molecule has 2 aromatic rings. The zero-order chi connectivity index (χ0) is 22.1. The molecule has 0 aliphatic rings. The Morgan fingerprint density at radius 2 is 1.77 bits per heavy atom. The molecule has 0 fully saturated rings. The normalized spacial score (nSPS) is 11.8. The summed E-state index contributed by atoms with van der Waals surface area (Å²) in [5, 5.41) is 6.83. The molecule has 0 bridgehead atoms. The van der Waals surface area contributed by atoms with E-state index in [4.69, 9.17) is 9.47 Å². The van der Waals surface area contributed by atoms with Crippen LogP contribution < -0.4 is 10.1 Å². The number of anilines is 1. The summed E-state index contributed by atoms with van der Waals surface area (Å²) in [5.74, 6) is -0.0103. The number of amides is 1. The Bertz CT molecular complexity index is 858. The van der Waals surface area contributed by atoms with Crippen LogP contribution in [0.1, 0.15) is 63.4 Å². The van der Waals surface area contributed by atoms with Crippen molar-refractivity contribution >= 4 is 23.5 Å². The Hall–Kier alpha value is -3.16. The number of hydrogen-bond donors (Lipinski definition) is 1. The number of aromatic nitrogens is 2. The molecule has 1 atom stereocenters. The summed E-state index contributed by atoms with van der Waals surface area (Å²) < 4.78 is 12.3. The first-order valence-corrected chi connectivity index (χ1v) is 10.1. The van der Waals surface area contributed by atoms with Crippen molar-refractivity contribution in [3.05, 3.63) is 42.1 Å². The SMILES string of the molecule is CCCOc1ccc(C(=O)CCC(=O)OC(C)C(=O)Nc2ccnn2C(C)C)cc1. The van der Waals surface area contributed by atoms with Crippen LogP contribution >= 0.6 is 0 Å². The minimum absolute atomic E-state index is 0.00244. The molecule has 0 saturated carbocycles. The number of Topliss-reactive ketones (excluding diaryl/α,β-unsaturated/α-hetero) is 1. The summed E-state index contributed by atoms with van der Waals surface area (Å²) in [7, 11) is 0. The second-order valence-electron chi connectivity index (χ2n) is 7.17. The third kappa shape index (κ3) is 6.72. The van der Waals surface area contributed by atoms with Gasteiger partial charge in [-0.1, -0.05) is 6.92 Å². The van der Waals surface area contributed by atoms with Gasteiger partial charge in [0.05, 0.1) is 19.2 Å². The number of carbonyl (C=O) groups is 3. The van der Waals surface area contributed by atoms with Gasteiger partial charge in [0.25, 0.3) is 5.91 Å². The van der Waals surface area contributed by atoms with Gasteiger partial charge < -0.3 is 14.8 Å². The second kappa shape index (κ2) is 11.1. The standard InChI is InChI=1S/C22H29N3O5/c1-5-14-29-18-8-6-17(7-9-18)19(26)10-11-21(27)30-16(4)22(28)24-20-12-13-23-25(20)15(2)3/h6-9,12-13,15-16H,5,10-11,14H2,1-4H3,(H,24,28). The lowest BCUT2D eigenvalue weighted by molar-refractivity contribution is -0.153. The molecule has 8 heteroatoms. The molecule has 8 nitrogen and oxygen atoms in total. The Morgan fingerprint density at radius 1 is 1.07 bits per heavy atom. The Balaban J connectivity index is 1.79. The molecule has 1 amide bonds. The van der Waals surface area contributed by atoms with Gasteiger partial charge in [-0.25, -0.2) is 4.68 Å². The van der Waals surface area contributed by atoms with Crippen molar-refractivity contribution in [2.24, 2.45) is 0 Å². The van der Waals surface area contributed by atoms with E-state index in [0.717, 1.165) is 6.42 Å². The van der Waals surface area contributed by atoms with E-state index in [1.54, 1.807) is 41.2 Å². The molecule has 30 heavy (non-hydrogen) atoms. The van der Waals surface area contributed by atoms with Gasteiger partial charge in [-0.05, 0) is 51.5 Å². The van der Waals surface area contributed by atoms with E-state index in [-0.39, 0.29) is 24.7 Å². The summed E-state index contributed by atoms with van der Waals surface area (Å²) in [6.07, 6.45) is 1.40. The van der Waals surface area contributed by atoms with Crippen LogP contribution in [0, 0.1) is 0 Å². The third-order valence-corrected chi connectivity index (χ3v) is 4.29. The lowest BCUT2D eigenvalue weighted by Crippen LogP contribution is -2.31. The van der Waals surface area contributed by atoms with Crippen LogP contribution in [-0.2, 0) is 14.3 Å². The summed E-state index contributed by atoms with van der Waals surface area (Å²) in [4.78, 5) is 36.6. The third-order valence-electron chi connectivity index (χ3n) is 4.29. The number of benzene rings is 1. The quantitative estimate of drug-likeness (QED) is 0.443. The van der Waals surface area contributed by atoms with Gasteiger partial charge in [0.2, 0.25) is 0 Å². The Morgan fingerprint density at radius 3 is 2.40 bits per heavy atom. The minimum atomic E-state index is -0.988. The number of ketones is 1. The van der Waals surface area contributed by atoms with E-state index in [1.807, 2.05) is 20.8 Å². The average Bonchev–Trinajstić information content (AvgIpc) is 3.19. The van der Waals surface area contributed by atoms with Crippen LogP contribution in [-0.4, -0.2) is 40.2 Å². The van der Waals surface area contributed by atoms with Gasteiger partial charge >= 0.3 is 5.97 Å². The summed E-state index contributed by atoms with van der Waals surface area (Å²) in [6.45, 7) is 8.00. The fourth-order valence-corrected chi connectivity index (χ4v) is 2.68. The lowest BCUT2D eigenvalue weighted by atomic mass is 10.1. The number of nitrogens with zero attached hydrogens (tertiary/aromatic N) is 2. The number of esters is 1. The topological polar surface area (TPSA) is 99.5 Å². The maximum atomic E-state index is 12.3. The molecule has 162 valence electrons. The van der Waals surface area contributed by atoms with Crippen molar-refractivity contribution in [2.75, 3.05) is 11.9 Å². The van der Waals surface area contributed by atoms with Crippen LogP contribution in [0.3, 0.4) is 0 Å². The van der Waals surface area contributed by atoms with Gasteiger partial charge in [-0.3, -0.25) is 14.4 Å². The van der Waals surface area contributed by atoms with Gasteiger partial charge in [-0.2, -0.15) is 5.10 Å². The smallest absolute Gasteiger partial charge is 0.307 e. The number of nitrogens with one attached hydrogen (secondary N) is 1. The molecule has 0 aliphatic heterocycles. The van der Waals surface area contributed by atoms with E-state index < -0.39 is 18.0 Å². The van der Waals surface area contributed by atoms with Crippen LogP contribution in [0.2, 0.25) is 0 Å². The first kappa shape index (κ1) is 23.1. The first-order chi connectivity index (χ1) is 14.3. The van der Waals surface area contributed by atoms with E-state index >= 15 is 0 Å². The summed E-state index contributed by atoms with van der Waals surface area (Å²) in [5.41, 5.74) is 0.499. The molecule has 0 aliphatic carbocycles. The fourth-order valence-electron chi connectivity index (χ4n) is 2.68. The zero-order valence-electron chi connectivity index (χ0n) is 17.9. The van der Waals surface area contributed by atoms with Gasteiger partial charge in [0.1, 0.15) is 11.6 Å². The number of carbonyl (C=O) groups excluding carboxylic acids is 3. The van der Waals surface area contributed by atoms with Gasteiger partial charge in [0.15, 0.2) is 11.9 Å². The largest absolute Gasteiger partial charge is 0.494 e. The Kier molecular flexibility index (Phi) is 8.58. The van der Waals surface area contributed by atoms with Crippen LogP contribution in [0.4, 0.5) is 5.82 Å². The van der Waals surface area contributed by atoms with Crippen molar-refractivity contribution in [3.63, 3.8) is 0 Å². The number of ether oxygens (including phenoxy) is 2. The lowest BCUT2D eigenvalue weighted by Gasteiger charge is -2.15. The van der Waals surface area contributed by atoms with Gasteiger partial charge in [-0.15, -0.1) is 0 Å². The maximum absolute atomic E-state index is 12.3. The summed E-state index contributed by atoms with van der Waals surface area (Å²) in [6, 6.07) is 8.56. The first-order valence-electron chi connectivity index (χ1n) is 10.1. The van der Waals surface area contributed by atoms with Crippen molar-refractivity contribution < 1.29 is 23.9 Å². The van der Waals surface area contributed by atoms with Crippen molar-refractivity contribution in [3.8, 4) is 5.75 Å². The molecule has 0 spiro atoms. The van der Waals surface area contributed by atoms with Crippen LogP contribution in [0.15, 0.2) is 36.5 Å². The van der Waals surface area contributed by atoms with Crippen molar-refractivity contribution in [2.45, 2.75) is 59.1 Å². The van der Waals surface area contributed by atoms with Gasteiger partial charge in [0, 0.05) is 24.1 Å². The summed E-state index contributed by atoms with van der Waals surface area (Å²) >= 11 is 0. The molecule has 1 N–H and O–H groups in total. The monoisotopic (exact) mass is 415 g/mol. The molecule has 1 aromatic carbocycles. The average molecular weight is 415 g/mol. The fraction of sp³-hybridized carbons (Fsp3) is 0.455. The molecule has 0 radical (unpaired) electrons. The van der Waals surface area contributed by atoms with Crippen molar-refractivity contribution in [1.29, 1.82) is 0 Å². The van der Waals surface area contributed by atoms with Crippen LogP contribution in [0.5, 0.6) is 5.75 Å². The van der Waals surface area contributed by atoms with E-state index in [2.05, 4.69) is 10.4 Å². The molecule has 1 aromatic heterocycles. The molecular formula is C22H29N3O5. The predicted octanol–water partition coefficient (Wildman–Crippen LogP) is 3.79.